The molecule has 0 fully saturated rings. The summed E-state index contributed by atoms with van der Waals surface area (Å²) in [5.41, 5.74) is 0.171. The lowest BCUT2D eigenvalue weighted by molar-refractivity contribution is -0.138. The monoisotopic (exact) mass is 345 g/mol. The summed E-state index contributed by atoms with van der Waals surface area (Å²) >= 11 is 0. The maximum atomic E-state index is 12.2. The molecule has 0 atom stereocenters. The highest BCUT2D eigenvalue weighted by Gasteiger charge is 2.15. The molecular formula is C15H17F2NO6. The van der Waals surface area contributed by atoms with Crippen molar-refractivity contribution in [3.05, 3.63) is 30.0 Å². The van der Waals surface area contributed by atoms with Crippen LogP contribution in [0.5, 0.6) is 11.5 Å². The molecule has 1 N–H and O–H groups in total. The van der Waals surface area contributed by atoms with Crippen molar-refractivity contribution in [2.24, 2.45) is 0 Å². The van der Waals surface area contributed by atoms with E-state index in [0.29, 0.717) is 5.69 Å². The van der Waals surface area contributed by atoms with E-state index in [1.54, 1.807) is 0 Å². The molecule has 0 bridgehead atoms. The van der Waals surface area contributed by atoms with Crippen LogP contribution in [0.3, 0.4) is 0 Å². The first kappa shape index (κ1) is 19.2. The summed E-state index contributed by atoms with van der Waals surface area (Å²) in [6.07, 6.45) is -1.71. The maximum Gasteiger partial charge on any atom is 0.354 e. The lowest BCUT2D eigenvalue weighted by Gasteiger charge is -2.13. The van der Waals surface area contributed by atoms with Gasteiger partial charge < -0.3 is 24.3 Å². The number of rotatable bonds is 8. The number of alkyl halides is 2. The van der Waals surface area contributed by atoms with E-state index in [0.717, 1.165) is 20.3 Å². The topological polar surface area (TPSA) is 83.1 Å². The molecule has 0 unspecified atom stereocenters. The number of hydrogen-bond donors (Lipinski definition) is 1. The fourth-order valence-electron chi connectivity index (χ4n) is 1.61. The second-order valence-electron chi connectivity index (χ2n) is 4.27. The van der Waals surface area contributed by atoms with Gasteiger partial charge in [-0.15, -0.1) is 0 Å². The molecule has 0 aliphatic heterocycles. The van der Waals surface area contributed by atoms with Crippen LogP contribution >= 0.6 is 0 Å². The second-order valence-corrected chi connectivity index (χ2v) is 4.27. The summed E-state index contributed by atoms with van der Waals surface area (Å²) < 4.78 is 43.4. The number of hydrogen-bond acceptors (Lipinski definition) is 7. The van der Waals surface area contributed by atoms with E-state index in [1.165, 1.54) is 25.3 Å². The first-order chi connectivity index (χ1) is 11.4. The average molecular weight is 345 g/mol. The van der Waals surface area contributed by atoms with Crippen molar-refractivity contribution < 1.29 is 37.3 Å². The number of nitrogens with one attached hydrogen (secondary N) is 1. The molecule has 132 valence electrons. The number of methoxy groups -OCH3 is 3. The summed E-state index contributed by atoms with van der Waals surface area (Å²) in [7, 11) is 3.64. The molecule has 0 aliphatic rings. The van der Waals surface area contributed by atoms with E-state index < -0.39 is 25.0 Å². The molecule has 24 heavy (non-hydrogen) atoms. The third kappa shape index (κ3) is 5.75. The maximum absolute atomic E-state index is 12.2. The van der Waals surface area contributed by atoms with Gasteiger partial charge in [0.1, 0.15) is 12.3 Å². The molecule has 0 heterocycles. The van der Waals surface area contributed by atoms with Crippen LogP contribution in [-0.4, -0.2) is 46.3 Å². The molecule has 0 amide bonds. The highest BCUT2D eigenvalue weighted by Crippen LogP contribution is 2.31. The minimum Gasteiger partial charge on any atom is -0.493 e. The number of ether oxygens (including phenoxy) is 4. The van der Waals surface area contributed by atoms with Gasteiger partial charge in [0.15, 0.2) is 11.5 Å². The third-order valence-electron chi connectivity index (χ3n) is 2.68. The smallest absolute Gasteiger partial charge is 0.354 e. The van der Waals surface area contributed by atoms with Crippen LogP contribution in [-0.2, 0) is 19.1 Å². The van der Waals surface area contributed by atoms with Crippen LogP contribution in [0.1, 0.15) is 0 Å². The number of carbonyl (C=O) groups is 2. The van der Waals surface area contributed by atoms with Gasteiger partial charge in [-0.25, -0.2) is 18.4 Å². The minimum atomic E-state index is -2.62. The quantitative estimate of drug-likeness (QED) is 0.570. The number of carbonyl (C=O) groups excluding carboxylic acids is 2. The van der Waals surface area contributed by atoms with Gasteiger partial charge in [0.2, 0.25) is 0 Å². The van der Waals surface area contributed by atoms with Crippen molar-refractivity contribution in [3.8, 4) is 11.5 Å². The molecule has 0 radical (unpaired) electrons. The van der Waals surface area contributed by atoms with Gasteiger partial charge in [-0.1, -0.05) is 0 Å². The Morgan fingerprint density at radius 2 is 1.88 bits per heavy atom. The SMILES string of the molecule is COC(=O)/C=C(/Nc1ccc(OCC(F)F)c(OC)c1)C(=O)OC. The largest absolute Gasteiger partial charge is 0.493 e. The summed E-state index contributed by atoms with van der Waals surface area (Å²) in [4.78, 5) is 23.0. The van der Waals surface area contributed by atoms with Crippen LogP contribution in [0.25, 0.3) is 0 Å². The van der Waals surface area contributed by atoms with Crippen molar-refractivity contribution in [2.45, 2.75) is 6.43 Å². The highest BCUT2D eigenvalue weighted by atomic mass is 19.3. The van der Waals surface area contributed by atoms with Gasteiger partial charge in [-0.2, -0.15) is 0 Å². The molecule has 0 saturated heterocycles. The highest BCUT2D eigenvalue weighted by molar-refractivity contribution is 5.98. The first-order valence-corrected chi connectivity index (χ1v) is 6.65. The summed E-state index contributed by atoms with van der Waals surface area (Å²) in [5.74, 6) is -1.27. The van der Waals surface area contributed by atoms with E-state index in [9.17, 15) is 18.4 Å². The van der Waals surface area contributed by atoms with E-state index in [1.807, 2.05) is 0 Å². The van der Waals surface area contributed by atoms with Gasteiger partial charge in [-0.3, -0.25) is 0 Å². The fraction of sp³-hybridized carbons (Fsp3) is 0.333. The van der Waals surface area contributed by atoms with Crippen molar-refractivity contribution in [3.63, 3.8) is 0 Å². The Balaban J connectivity index is 3.01. The molecule has 0 aromatic heterocycles. The molecule has 9 heteroatoms. The van der Waals surface area contributed by atoms with Gasteiger partial charge in [0.25, 0.3) is 6.43 Å². The molecule has 1 rings (SSSR count). The number of halogens is 2. The van der Waals surface area contributed by atoms with Crippen molar-refractivity contribution in [2.75, 3.05) is 33.3 Å². The van der Waals surface area contributed by atoms with Gasteiger partial charge in [-0.05, 0) is 12.1 Å². The first-order valence-electron chi connectivity index (χ1n) is 6.65. The van der Waals surface area contributed by atoms with E-state index in [4.69, 9.17) is 9.47 Å². The predicted molar refractivity (Wildman–Crippen MR) is 80.2 cm³/mol. The fourth-order valence-corrected chi connectivity index (χ4v) is 1.61. The molecule has 0 spiro atoms. The second kappa shape index (κ2) is 9.33. The van der Waals surface area contributed by atoms with Gasteiger partial charge in [0, 0.05) is 11.8 Å². The number of anilines is 1. The Morgan fingerprint density at radius 3 is 2.42 bits per heavy atom. The Hall–Kier alpha value is -2.84. The van der Waals surface area contributed by atoms with E-state index in [-0.39, 0.29) is 17.2 Å². The molecular weight excluding hydrogens is 328 g/mol. The van der Waals surface area contributed by atoms with Crippen LogP contribution < -0.4 is 14.8 Å². The number of benzene rings is 1. The zero-order valence-electron chi connectivity index (χ0n) is 13.3. The van der Waals surface area contributed by atoms with Gasteiger partial charge in [0.05, 0.1) is 27.4 Å². The normalized spacial score (nSPS) is 11.0. The van der Waals surface area contributed by atoms with Crippen molar-refractivity contribution in [1.82, 2.24) is 0 Å². The Kier molecular flexibility index (Phi) is 7.47. The number of esters is 2. The average Bonchev–Trinajstić information content (AvgIpc) is 2.58. The molecule has 0 aliphatic carbocycles. The van der Waals surface area contributed by atoms with Crippen LogP contribution in [0.4, 0.5) is 14.5 Å². The van der Waals surface area contributed by atoms with Crippen molar-refractivity contribution in [1.29, 1.82) is 0 Å². The summed E-state index contributed by atoms with van der Waals surface area (Å²) in [6, 6.07) is 4.25. The van der Waals surface area contributed by atoms with E-state index in [2.05, 4.69) is 14.8 Å². The minimum absolute atomic E-state index is 0.111. The van der Waals surface area contributed by atoms with Crippen LogP contribution in [0.2, 0.25) is 0 Å². The third-order valence-corrected chi connectivity index (χ3v) is 2.68. The molecule has 1 aromatic rings. The standard InChI is InChI=1S/C15H17F2NO6/c1-21-12-6-9(4-5-11(12)24-8-13(16)17)18-10(15(20)23-3)7-14(19)22-2/h4-7,13,18H,8H2,1-3H3/b10-7+. The van der Waals surface area contributed by atoms with Crippen LogP contribution in [0, 0.1) is 0 Å². The van der Waals surface area contributed by atoms with Crippen LogP contribution in [0.15, 0.2) is 30.0 Å². The lowest BCUT2D eigenvalue weighted by Crippen LogP contribution is -2.15. The Labute approximate surface area is 137 Å². The summed E-state index contributed by atoms with van der Waals surface area (Å²) in [5, 5.41) is 2.66. The Bertz CT molecular complexity index is 618. The summed E-state index contributed by atoms with van der Waals surface area (Å²) in [6.45, 7) is -0.779. The lowest BCUT2D eigenvalue weighted by atomic mass is 10.2. The Morgan fingerprint density at radius 1 is 1.17 bits per heavy atom. The molecule has 1 aromatic carbocycles. The zero-order chi connectivity index (χ0) is 18.1. The van der Waals surface area contributed by atoms with Gasteiger partial charge >= 0.3 is 11.9 Å². The van der Waals surface area contributed by atoms with Crippen molar-refractivity contribution >= 4 is 17.6 Å². The predicted octanol–water partition coefficient (Wildman–Crippen LogP) is 1.98. The molecule has 0 saturated carbocycles. The van der Waals surface area contributed by atoms with E-state index >= 15 is 0 Å². The zero-order valence-corrected chi connectivity index (χ0v) is 13.3. The molecule has 7 nitrogen and oxygen atoms in total.